The molecule has 0 spiro atoms. The van der Waals surface area contributed by atoms with Crippen LogP contribution >= 0.6 is 11.8 Å². The molecule has 0 unspecified atom stereocenters. The van der Waals surface area contributed by atoms with Crippen molar-refractivity contribution in [3.05, 3.63) is 60.9 Å². The van der Waals surface area contributed by atoms with Gasteiger partial charge in [0, 0.05) is 47.6 Å². The van der Waals surface area contributed by atoms with Gasteiger partial charge in [-0.3, -0.25) is 4.98 Å². The van der Waals surface area contributed by atoms with E-state index in [1.807, 2.05) is 44.4 Å². The van der Waals surface area contributed by atoms with Gasteiger partial charge in [0.15, 0.2) is 5.58 Å². The number of hydrogen-bond donors (Lipinski definition) is 1. The quantitative estimate of drug-likeness (QED) is 0.355. The number of pyridine rings is 2. The van der Waals surface area contributed by atoms with E-state index in [4.69, 9.17) is 4.42 Å². The predicted octanol–water partition coefficient (Wildman–Crippen LogP) is 6.27. The molecule has 3 aromatic heterocycles. The first-order valence-corrected chi connectivity index (χ1v) is 12.6. The summed E-state index contributed by atoms with van der Waals surface area (Å²) >= 11 is 1.73. The molecule has 4 heterocycles. The third kappa shape index (κ3) is 4.50. The Balaban J connectivity index is 1.44. The van der Waals surface area contributed by atoms with Crippen molar-refractivity contribution in [1.29, 1.82) is 0 Å². The number of nitrogens with zero attached hydrogens (tertiary/aromatic N) is 3. The van der Waals surface area contributed by atoms with E-state index in [1.165, 1.54) is 4.90 Å². The van der Waals surface area contributed by atoms with Crippen LogP contribution in [0.1, 0.15) is 26.7 Å². The highest BCUT2D eigenvalue weighted by Gasteiger charge is 2.31. The minimum Gasteiger partial charge on any atom is -0.454 e. The van der Waals surface area contributed by atoms with Gasteiger partial charge in [-0.15, -0.1) is 11.8 Å². The van der Waals surface area contributed by atoms with Crippen LogP contribution in [-0.2, 0) is 0 Å². The van der Waals surface area contributed by atoms with Crippen molar-refractivity contribution in [1.82, 2.24) is 9.97 Å². The molecule has 1 aliphatic rings. The fraction of sp³-hybridized carbons (Fsp3) is 0.333. The van der Waals surface area contributed by atoms with E-state index in [0.717, 1.165) is 65.3 Å². The Morgan fingerprint density at radius 3 is 2.39 bits per heavy atom. The van der Waals surface area contributed by atoms with E-state index < -0.39 is 5.60 Å². The fourth-order valence-electron chi connectivity index (χ4n) is 4.64. The molecule has 5 nitrogen and oxygen atoms in total. The van der Waals surface area contributed by atoms with Gasteiger partial charge in [-0.25, -0.2) is 4.98 Å². The van der Waals surface area contributed by atoms with Crippen LogP contribution < -0.4 is 4.90 Å². The summed E-state index contributed by atoms with van der Waals surface area (Å²) in [4.78, 5) is 12.7. The Labute approximate surface area is 198 Å². The number of aliphatic hydroxyl groups is 1. The summed E-state index contributed by atoms with van der Waals surface area (Å²) in [6.07, 6.45) is 7.70. The lowest BCUT2D eigenvalue weighted by Gasteiger charge is -2.38. The highest BCUT2D eigenvalue weighted by molar-refractivity contribution is 7.98. The Morgan fingerprint density at radius 1 is 0.970 bits per heavy atom. The molecule has 5 rings (SSSR count). The number of aromatic nitrogens is 2. The van der Waals surface area contributed by atoms with Crippen LogP contribution in [0.4, 0.5) is 5.82 Å². The highest BCUT2D eigenvalue weighted by Crippen LogP contribution is 2.36. The van der Waals surface area contributed by atoms with E-state index >= 15 is 0 Å². The molecule has 0 saturated carbocycles. The number of piperidine rings is 1. The van der Waals surface area contributed by atoms with Gasteiger partial charge in [0.2, 0.25) is 0 Å². The average Bonchev–Trinajstić information content (AvgIpc) is 3.28. The molecule has 0 amide bonds. The first-order chi connectivity index (χ1) is 15.9. The van der Waals surface area contributed by atoms with Crippen molar-refractivity contribution in [2.75, 3.05) is 24.2 Å². The second-order valence-corrected chi connectivity index (χ2v) is 10.1. The van der Waals surface area contributed by atoms with Gasteiger partial charge in [-0.2, -0.15) is 0 Å². The molecule has 1 saturated heterocycles. The summed E-state index contributed by atoms with van der Waals surface area (Å²) in [5.41, 5.74) is 4.14. The summed E-state index contributed by atoms with van der Waals surface area (Å²) in [5.74, 6) is 2.11. The normalized spacial score (nSPS) is 15.3. The standard InChI is InChI=1S/C27H29N3O2S/c1-27(2,31)20-10-14-30(15-11-20)25-16-19(8-12-29-25)22-9-13-28-23-17-24(32-26(22)23)18-4-6-21(33-3)7-5-18/h4-9,12-13,16-17,20,31H,10-11,14-15H2,1-3H3. The molecule has 1 aromatic carbocycles. The third-order valence-electron chi connectivity index (χ3n) is 6.66. The lowest BCUT2D eigenvalue weighted by atomic mass is 9.83. The summed E-state index contributed by atoms with van der Waals surface area (Å²) in [5, 5.41) is 10.4. The summed E-state index contributed by atoms with van der Waals surface area (Å²) in [6, 6.07) is 16.6. The summed E-state index contributed by atoms with van der Waals surface area (Å²) in [7, 11) is 0. The molecular weight excluding hydrogens is 430 g/mol. The van der Waals surface area contributed by atoms with Crippen molar-refractivity contribution in [2.24, 2.45) is 5.92 Å². The lowest BCUT2D eigenvalue weighted by Crippen LogP contribution is -2.42. The SMILES string of the molecule is CSc1ccc(-c2cc3nccc(-c4ccnc(N5CCC(C(C)(C)O)CC5)c4)c3o2)cc1. The molecule has 0 bridgehead atoms. The molecule has 1 aliphatic heterocycles. The van der Waals surface area contributed by atoms with Crippen molar-refractivity contribution in [2.45, 2.75) is 37.2 Å². The maximum Gasteiger partial charge on any atom is 0.161 e. The van der Waals surface area contributed by atoms with Gasteiger partial charge in [-0.1, -0.05) is 12.1 Å². The maximum absolute atomic E-state index is 10.4. The number of anilines is 1. The first kappa shape index (κ1) is 22.0. The molecule has 0 atom stereocenters. The van der Waals surface area contributed by atoms with Gasteiger partial charge in [0.05, 0.1) is 5.60 Å². The number of rotatable bonds is 5. The van der Waals surface area contributed by atoms with Crippen LogP contribution in [0.15, 0.2) is 70.2 Å². The molecule has 0 radical (unpaired) electrons. The van der Waals surface area contributed by atoms with E-state index in [0.29, 0.717) is 5.92 Å². The zero-order valence-corrected chi connectivity index (χ0v) is 20.1. The van der Waals surface area contributed by atoms with Crippen molar-refractivity contribution in [3.63, 3.8) is 0 Å². The lowest BCUT2D eigenvalue weighted by molar-refractivity contribution is 0.00646. The summed E-state index contributed by atoms with van der Waals surface area (Å²) in [6.45, 7) is 5.62. The third-order valence-corrected chi connectivity index (χ3v) is 7.40. The van der Waals surface area contributed by atoms with E-state index in [1.54, 1.807) is 11.8 Å². The van der Waals surface area contributed by atoms with Gasteiger partial charge in [0.1, 0.15) is 17.1 Å². The number of benzene rings is 1. The van der Waals surface area contributed by atoms with Gasteiger partial charge in [-0.05, 0) is 74.8 Å². The largest absolute Gasteiger partial charge is 0.454 e. The Hall–Kier alpha value is -2.83. The Bertz CT molecular complexity index is 1250. The van der Waals surface area contributed by atoms with Crippen LogP contribution in [-0.4, -0.2) is 40.0 Å². The highest BCUT2D eigenvalue weighted by atomic mass is 32.2. The average molecular weight is 460 g/mol. The monoisotopic (exact) mass is 459 g/mol. The van der Waals surface area contributed by atoms with Crippen LogP contribution in [0.2, 0.25) is 0 Å². The van der Waals surface area contributed by atoms with Gasteiger partial charge >= 0.3 is 0 Å². The molecule has 33 heavy (non-hydrogen) atoms. The smallest absolute Gasteiger partial charge is 0.161 e. The number of hydrogen-bond acceptors (Lipinski definition) is 6. The van der Waals surface area contributed by atoms with Crippen LogP contribution in [0.3, 0.4) is 0 Å². The molecule has 4 aromatic rings. The van der Waals surface area contributed by atoms with E-state index in [-0.39, 0.29) is 0 Å². The Kier molecular flexibility index (Phi) is 5.89. The van der Waals surface area contributed by atoms with Crippen molar-refractivity contribution in [3.8, 4) is 22.5 Å². The summed E-state index contributed by atoms with van der Waals surface area (Å²) < 4.78 is 6.32. The van der Waals surface area contributed by atoms with Gasteiger partial charge in [0.25, 0.3) is 0 Å². The number of furan rings is 1. The van der Waals surface area contributed by atoms with Gasteiger partial charge < -0.3 is 14.4 Å². The maximum atomic E-state index is 10.4. The van der Waals surface area contributed by atoms with Crippen LogP contribution in [0, 0.1) is 5.92 Å². The first-order valence-electron chi connectivity index (χ1n) is 11.4. The molecular formula is C27H29N3O2S. The number of thioether (sulfide) groups is 1. The molecule has 6 heteroatoms. The molecule has 1 N–H and O–H groups in total. The van der Waals surface area contributed by atoms with Crippen molar-refractivity contribution < 1.29 is 9.52 Å². The second kappa shape index (κ2) is 8.84. The topological polar surface area (TPSA) is 62.4 Å². The zero-order chi connectivity index (χ0) is 23.0. The molecule has 170 valence electrons. The predicted molar refractivity (Wildman–Crippen MR) is 136 cm³/mol. The molecule has 1 fully saturated rings. The second-order valence-electron chi connectivity index (χ2n) is 9.23. The van der Waals surface area contributed by atoms with E-state index in [9.17, 15) is 5.11 Å². The van der Waals surface area contributed by atoms with Crippen LogP contribution in [0.25, 0.3) is 33.6 Å². The zero-order valence-electron chi connectivity index (χ0n) is 19.3. The minimum atomic E-state index is -0.628. The van der Waals surface area contributed by atoms with Crippen molar-refractivity contribution >= 4 is 28.7 Å². The fourth-order valence-corrected chi connectivity index (χ4v) is 5.05. The molecule has 0 aliphatic carbocycles. The Morgan fingerprint density at radius 2 is 1.70 bits per heavy atom. The minimum absolute atomic E-state index is 0.322. The van der Waals surface area contributed by atoms with Crippen LogP contribution in [0.5, 0.6) is 0 Å². The number of fused-ring (bicyclic) bond motifs is 1. The van der Waals surface area contributed by atoms with E-state index in [2.05, 4.69) is 51.5 Å².